The average Bonchev–Trinajstić information content (AvgIpc) is 2.68. The minimum Gasteiger partial charge on any atom is -0.507 e. The Morgan fingerprint density at radius 1 is 1.40 bits per heavy atom. The number of rotatable bonds is 5. The molecule has 0 aliphatic carbocycles. The Morgan fingerprint density at radius 2 is 2.23 bits per heavy atom. The quantitative estimate of drug-likeness (QED) is 0.574. The number of amides is 1. The molecule has 1 aliphatic heterocycles. The molecular weight excluding hydrogens is 404 g/mol. The fourth-order valence-corrected chi connectivity index (χ4v) is 4.29. The van der Waals surface area contributed by atoms with Crippen LogP contribution in [0.3, 0.4) is 0 Å². The van der Waals surface area contributed by atoms with Crippen LogP contribution in [0.1, 0.15) is 18.4 Å². The molecule has 1 aromatic carbocycles. The number of fused-ring (bicyclic) bond motifs is 1. The number of halogens is 1. The van der Waals surface area contributed by atoms with E-state index >= 15 is 0 Å². The minimum absolute atomic E-state index is 0.0383. The van der Waals surface area contributed by atoms with Gasteiger partial charge >= 0.3 is 0 Å². The lowest BCUT2D eigenvalue weighted by Gasteiger charge is -2.32. The van der Waals surface area contributed by atoms with E-state index in [1.54, 1.807) is 12.3 Å². The third-order valence-corrected chi connectivity index (χ3v) is 5.50. The number of benzene rings is 1. The molecule has 4 N–H and O–H groups in total. The van der Waals surface area contributed by atoms with Crippen LogP contribution in [0.5, 0.6) is 5.75 Å². The summed E-state index contributed by atoms with van der Waals surface area (Å²) in [7, 11) is 0. The molecule has 1 atom stereocenters. The third-order valence-electron chi connectivity index (χ3n) is 5.28. The number of hydrogen-bond donors (Lipinski definition) is 3. The van der Waals surface area contributed by atoms with E-state index in [4.69, 9.17) is 17.3 Å². The van der Waals surface area contributed by atoms with Crippen molar-refractivity contribution in [3.05, 3.63) is 41.0 Å². The van der Waals surface area contributed by atoms with Gasteiger partial charge < -0.3 is 16.2 Å². The predicted molar refractivity (Wildman–Crippen MR) is 116 cm³/mol. The van der Waals surface area contributed by atoms with Crippen molar-refractivity contribution >= 4 is 34.2 Å². The number of aromatic hydroxyl groups is 1. The third kappa shape index (κ3) is 4.15. The Morgan fingerprint density at radius 3 is 3.00 bits per heavy atom. The number of carbonyl (C=O) groups is 1. The highest BCUT2D eigenvalue weighted by Crippen LogP contribution is 2.37. The first kappa shape index (κ1) is 20.3. The number of primary amides is 1. The summed E-state index contributed by atoms with van der Waals surface area (Å²) < 4.78 is 0. The number of aromatic nitrogens is 3. The standard InChI is InChI=1S/C21H23ClN6O2/c1-12-8-13(22)9-16(29)18(12)20-19-15(5-2-6-24-19)21(27-26-20)25-14-4-3-7-28(10-14)11-17(23)30/h2,5-6,8-9,14,29H,3-4,7,10-11H2,1H3,(H2,23,30)(H,25,27). The number of phenolic OH excluding ortho intramolecular Hbond substituents is 1. The van der Waals surface area contributed by atoms with Crippen LogP contribution in [0.2, 0.25) is 5.02 Å². The topological polar surface area (TPSA) is 117 Å². The highest BCUT2D eigenvalue weighted by atomic mass is 35.5. The molecule has 30 heavy (non-hydrogen) atoms. The van der Waals surface area contributed by atoms with E-state index in [9.17, 15) is 9.90 Å². The smallest absolute Gasteiger partial charge is 0.231 e. The van der Waals surface area contributed by atoms with Crippen LogP contribution in [0.15, 0.2) is 30.5 Å². The second-order valence-corrected chi connectivity index (χ2v) is 8.03. The summed E-state index contributed by atoms with van der Waals surface area (Å²) in [6, 6.07) is 7.15. The van der Waals surface area contributed by atoms with E-state index in [1.165, 1.54) is 6.07 Å². The Labute approximate surface area is 179 Å². The fourth-order valence-electron chi connectivity index (χ4n) is 4.03. The van der Waals surface area contributed by atoms with Crippen LogP contribution < -0.4 is 11.1 Å². The number of phenols is 1. The summed E-state index contributed by atoms with van der Waals surface area (Å²) in [5, 5.41) is 24.0. The number of anilines is 1. The summed E-state index contributed by atoms with van der Waals surface area (Å²) in [5.74, 6) is 0.336. The Balaban J connectivity index is 1.69. The van der Waals surface area contributed by atoms with Crippen molar-refractivity contribution < 1.29 is 9.90 Å². The van der Waals surface area contributed by atoms with Crippen molar-refractivity contribution in [3.63, 3.8) is 0 Å². The van der Waals surface area contributed by atoms with Gasteiger partial charge in [0.2, 0.25) is 5.91 Å². The monoisotopic (exact) mass is 426 g/mol. The predicted octanol–water partition coefficient (Wildman–Crippen LogP) is 2.72. The van der Waals surface area contributed by atoms with Gasteiger partial charge in [-0.25, -0.2) is 0 Å². The summed E-state index contributed by atoms with van der Waals surface area (Å²) >= 11 is 6.05. The Bertz CT molecular complexity index is 1080. The maximum Gasteiger partial charge on any atom is 0.231 e. The number of piperidine rings is 1. The normalized spacial score (nSPS) is 17.2. The van der Waals surface area contributed by atoms with Crippen LogP contribution >= 0.6 is 11.6 Å². The van der Waals surface area contributed by atoms with E-state index in [2.05, 4.69) is 20.5 Å². The van der Waals surface area contributed by atoms with Crippen LogP contribution in [0.4, 0.5) is 5.82 Å². The van der Waals surface area contributed by atoms with Crippen molar-refractivity contribution in [1.29, 1.82) is 0 Å². The van der Waals surface area contributed by atoms with Crippen LogP contribution in [0, 0.1) is 6.92 Å². The van der Waals surface area contributed by atoms with Crippen molar-refractivity contribution in [3.8, 4) is 17.0 Å². The molecule has 4 rings (SSSR count). The number of carbonyl (C=O) groups excluding carboxylic acids is 1. The maximum atomic E-state index is 11.3. The van der Waals surface area contributed by atoms with Gasteiger partial charge in [0.1, 0.15) is 17.0 Å². The molecule has 1 fully saturated rings. The number of likely N-dealkylation sites (tertiary alicyclic amines) is 1. The number of pyridine rings is 1. The lowest BCUT2D eigenvalue weighted by atomic mass is 10.0. The van der Waals surface area contributed by atoms with E-state index in [-0.39, 0.29) is 24.2 Å². The van der Waals surface area contributed by atoms with Crippen molar-refractivity contribution in [1.82, 2.24) is 20.1 Å². The largest absolute Gasteiger partial charge is 0.507 e. The van der Waals surface area contributed by atoms with Crippen molar-refractivity contribution in [2.75, 3.05) is 25.0 Å². The van der Waals surface area contributed by atoms with Gasteiger partial charge in [-0.05, 0) is 56.1 Å². The molecule has 0 bridgehead atoms. The van der Waals surface area contributed by atoms with Gasteiger partial charge in [-0.3, -0.25) is 14.7 Å². The summed E-state index contributed by atoms with van der Waals surface area (Å²) in [6.45, 7) is 3.66. The van der Waals surface area contributed by atoms with E-state index in [0.29, 0.717) is 34.2 Å². The first-order valence-electron chi connectivity index (χ1n) is 9.80. The molecule has 1 amide bonds. The molecule has 0 spiro atoms. The molecule has 2 aromatic heterocycles. The summed E-state index contributed by atoms with van der Waals surface area (Å²) in [5.41, 5.74) is 7.83. The number of nitrogens with two attached hydrogens (primary N) is 1. The molecule has 0 radical (unpaired) electrons. The number of aryl methyl sites for hydroxylation is 1. The van der Waals surface area contributed by atoms with Crippen LogP contribution in [-0.4, -0.2) is 56.8 Å². The van der Waals surface area contributed by atoms with Gasteiger partial charge in [-0.2, -0.15) is 0 Å². The number of nitrogens with one attached hydrogen (secondary N) is 1. The molecule has 3 heterocycles. The zero-order valence-corrected chi connectivity index (χ0v) is 17.4. The molecule has 1 unspecified atom stereocenters. The molecule has 0 saturated carbocycles. The molecule has 8 nitrogen and oxygen atoms in total. The number of hydrogen-bond acceptors (Lipinski definition) is 7. The van der Waals surface area contributed by atoms with Crippen molar-refractivity contribution in [2.24, 2.45) is 5.73 Å². The summed E-state index contributed by atoms with van der Waals surface area (Å²) in [4.78, 5) is 17.8. The fraction of sp³-hybridized carbons (Fsp3) is 0.333. The molecule has 9 heteroatoms. The van der Waals surface area contributed by atoms with Gasteiger partial charge in [0.05, 0.1) is 6.54 Å². The Hall–Kier alpha value is -2.97. The molecule has 156 valence electrons. The molecule has 1 aliphatic rings. The van der Waals surface area contributed by atoms with E-state index in [0.717, 1.165) is 30.3 Å². The van der Waals surface area contributed by atoms with E-state index < -0.39 is 0 Å². The molecule has 1 saturated heterocycles. The van der Waals surface area contributed by atoms with Crippen LogP contribution in [-0.2, 0) is 4.79 Å². The van der Waals surface area contributed by atoms with Crippen molar-refractivity contribution in [2.45, 2.75) is 25.8 Å². The Kier molecular flexibility index (Phi) is 5.69. The first-order chi connectivity index (χ1) is 14.4. The second kappa shape index (κ2) is 8.41. The van der Waals surface area contributed by atoms with Gasteiger partial charge in [0.25, 0.3) is 0 Å². The highest BCUT2D eigenvalue weighted by Gasteiger charge is 2.23. The second-order valence-electron chi connectivity index (χ2n) is 7.60. The average molecular weight is 427 g/mol. The SMILES string of the molecule is Cc1cc(Cl)cc(O)c1-c1nnc(NC2CCCN(CC(N)=O)C2)c2cccnc12. The zero-order chi connectivity index (χ0) is 21.3. The molecular formula is C21H23ClN6O2. The number of nitrogens with zero attached hydrogens (tertiary/aromatic N) is 4. The maximum absolute atomic E-state index is 11.3. The van der Waals surface area contributed by atoms with Gasteiger partial charge in [-0.1, -0.05) is 11.6 Å². The minimum atomic E-state index is -0.326. The van der Waals surface area contributed by atoms with Gasteiger partial charge in [0, 0.05) is 34.8 Å². The lowest BCUT2D eigenvalue weighted by molar-refractivity contribution is -0.119. The first-order valence-corrected chi connectivity index (χ1v) is 10.2. The molecule has 3 aromatic rings. The zero-order valence-electron chi connectivity index (χ0n) is 16.6. The van der Waals surface area contributed by atoms with Crippen LogP contribution in [0.25, 0.3) is 22.2 Å². The van der Waals surface area contributed by atoms with Gasteiger partial charge in [-0.15, -0.1) is 10.2 Å². The lowest BCUT2D eigenvalue weighted by Crippen LogP contribution is -2.45. The summed E-state index contributed by atoms with van der Waals surface area (Å²) in [6.07, 6.45) is 3.61. The highest BCUT2D eigenvalue weighted by molar-refractivity contribution is 6.31. The van der Waals surface area contributed by atoms with E-state index in [1.807, 2.05) is 24.0 Å². The van der Waals surface area contributed by atoms with Gasteiger partial charge in [0.15, 0.2) is 5.82 Å².